The number of nitrogens with zero attached hydrogens (tertiary/aromatic N) is 1. The summed E-state index contributed by atoms with van der Waals surface area (Å²) >= 11 is 5.91. The molecule has 3 aromatic rings. The van der Waals surface area contributed by atoms with Crippen LogP contribution in [-0.2, 0) is 10.2 Å². The standard InChI is InChI=1S/C33H38ClNO3/c1-2-9-31(36)33(28-10-5-3-6-11-28)20-23-35(24-21-33)22-7-4-8-25-38-30-18-14-27(15-19-30)32(37)26-12-16-29(34)17-13-26/h3,5-6,10-19H,2,4,7-9,20-25H2,1H3. The Morgan fingerprint density at radius 2 is 1.47 bits per heavy atom. The van der Waals surface area contributed by atoms with E-state index in [2.05, 4.69) is 36.1 Å². The molecule has 1 aliphatic rings. The molecule has 5 heteroatoms. The van der Waals surface area contributed by atoms with Gasteiger partial charge in [0, 0.05) is 22.6 Å². The molecule has 0 atom stereocenters. The van der Waals surface area contributed by atoms with Crippen LogP contribution in [-0.4, -0.2) is 42.7 Å². The summed E-state index contributed by atoms with van der Waals surface area (Å²) in [5.74, 6) is 1.16. The summed E-state index contributed by atoms with van der Waals surface area (Å²) in [5, 5.41) is 0.616. The van der Waals surface area contributed by atoms with E-state index in [0.717, 1.165) is 63.9 Å². The lowest BCUT2D eigenvalue weighted by atomic mass is 9.68. The van der Waals surface area contributed by atoms with Gasteiger partial charge >= 0.3 is 0 Å². The molecule has 200 valence electrons. The first-order chi connectivity index (χ1) is 18.5. The van der Waals surface area contributed by atoms with Gasteiger partial charge in [-0.25, -0.2) is 0 Å². The Morgan fingerprint density at radius 1 is 0.842 bits per heavy atom. The molecule has 0 saturated carbocycles. The van der Waals surface area contributed by atoms with E-state index in [9.17, 15) is 9.59 Å². The van der Waals surface area contributed by atoms with Gasteiger partial charge in [-0.1, -0.05) is 48.9 Å². The van der Waals surface area contributed by atoms with Gasteiger partial charge in [0.05, 0.1) is 12.0 Å². The van der Waals surface area contributed by atoms with Gasteiger partial charge in [-0.2, -0.15) is 0 Å². The lowest BCUT2D eigenvalue weighted by Gasteiger charge is -2.41. The highest BCUT2D eigenvalue weighted by Gasteiger charge is 2.41. The number of ketones is 2. The van der Waals surface area contributed by atoms with E-state index < -0.39 is 0 Å². The average molecular weight is 532 g/mol. The van der Waals surface area contributed by atoms with Gasteiger partial charge in [0.2, 0.25) is 0 Å². The van der Waals surface area contributed by atoms with Crippen LogP contribution in [0.25, 0.3) is 0 Å². The van der Waals surface area contributed by atoms with Crippen molar-refractivity contribution in [3.63, 3.8) is 0 Å². The molecule has 0 aromatic heterocycles. The van der Waals surface area contributed by atoms with Crippen molar-refractivity contribution >= 4 is 23.2 Å². The van der Waals surface area contributed by atoms with E-state index >= 15 is 0 Å². The highest BCUT2D eigenvalue weighted by atomic mass is 35.5. The van der Waals surface area contributed by atoms with Crippen LogP contribution in [0.1, 0.15) is 73.4 Å². The molecule has 0 bridgehead atoms. The lowest BCUT2D eigenvalue weighted by Crippen LogP contribution is -2.47. The fourth-order valence-corrected chi connectivity index (χ4v) is 5.51. The number of halogens is 1. The summed E-state index contributed by atoms with van der Waals surface area (Å²) in [6.07, 6.45) is 6.61. The molecular formula is C33H38ClNO3. The van der Waals surface area contributed by atoms with Crippen molar-refractivity contribution in [2.45, 2.75) is 57.3 Å². The maximum absolute atomic E-state index is 13.2. The minimum Gasteiger partial charge on any atom is -0.494 e. The number of unbranched alkanes of at least 4 members (excludes halogenated alkanes) is 2. The van der Waals surface area contributed by atoms with Gasteiger partial charge in [-0.15, -0.1) is 0 Å². The Balaban J connectivity index is 1.16. The van der Waals surface area contributed by atoms with Crippen molar-refractivity contribution in [3.8, 4) is 5.75 Å². The number of carbonyl (C=O) groups excluding carboxylic acids is 2. The molecule has 1 aliphatic heterocycles. The van der Waals surface area contributed by atoms with Crippen LogP contribution in [0.5, 0.6) is 5.75 Å². The number of Topliss-reactive ketones (excluding diaryl/α,β-unsaturated/α-hetero) is 1. The summed E-state index contributed by atoms with van der Waals surface area (Å²) < 4.78 is 5.90. The number of hydrogen-bond donors (Lipinski definition) is 0. The van der Waals surface area contributed by atoms with Gasteiger partial charge in [0.1, 0.15) is 11.5 Å². The minimum absolute atomic E-state index is 0.0262. The van der Waals surface area contributed by atoms with Gasteiger partial charge in [0.15, 0.2) is 5.78 Å². The average Bonchev–Trinajstić information content (AvgIpc) is 2.96. The lowest BCUT2D eigenvalue weighted by molar-refractivity contribution is -0.126. The van der Waals surface area contributed by atoms with Crippen LogP contribution in [0.15, 0.2) is 78.9 Å². The van der Waals surface area contributed by atoms with Crippen molar-refractivity contribution in [3.05, 3.63) is 101 Å². The predicted octanol–water partition coefficient (Wildman–Crippen LogP) is 7.52. The molecule has 0 aliphatic carbocycles. The molecule has 0 amide bonds. The highest BCUT2D eigenvalue weighted by Crippen LogP contribution is 2.37. The molecule has 1 saturated heterocycles. The number of piperidine rings is 1. The number of likely N-dealkylation sites (tertiary alicyclic amines) is 1. The monoisotopic (exact) mass is 531 g/mol. The van der Waals surface area contributed by atoms with Gasteiger partial charge in [-0.3, -0.25) is 9.59 Å². The van der Waals surface area contributed by atoms with Gasteiger partial charge in [-0.05, 0) is 112 Å². The third kappa shape index (κ3) is 7.12. The number of carbonyl (C=O) groups is 2. The number of ether oxygens (including phenoxy) is 1. The van der Waals surface area contributed by atoms with Gasteiger partial charge < -0.3 is 9.64 Å². The Labute approximate surface area is 232 Å². The van der Waals surface area contributed by atoms with Crippen LogP contribution in [0.2, 0.25) is 5.02 Å². The molecule has 38 heavy (non-hydrogen) atoms. The summed E-state index contributed by atoms with van der Waals surface area (Å²) in [4.78, 5) is 28.3. The minimum atomic E-state index is -0.309. The van der Waals surface area contributed by atoms with Gasteiger partial charge in [0.25, 0.3) is 0 Å². The maximum Gasteiger partial charge on any atom is 0.193 e. The fourth-order valence-electron chi connectivity index (χ4n) is 5.39. The molecule has 0 unspecified atom stereocenters. The normalized spacial score (nSPS) is 15.2. The quantitative estimate of drug-likeness (QED) is 0.169. The first kappa shape index (κ1) is 28.1. The molecule has 1 fully saturated rings. The van der Waals surface area contributed by atoms with Crippen molar-refractivity contribution < 1.29 is 14.3 Å². The van der Waals surface area contributed by atoms with Crippen molar-refractivity contribution in [1.82, 2.24) is 4.90 Å². The summed E-state index contributed by atoms with van der Waals surface area (Å²) in [7, 11) is 0. The molecule has 0 radical (unpaired) electrons. The summed E-state index contributed by atoms with van der Waals surface area (Å²) in [6, 6.07) is 24.7. The highest BCUT2D eigenvalue weighted by molar-refractivity contribution is 6.30. The molecular weight excluding hydrogens is 494 g/mol. The SMILES string of the molecule is CCCC(=O)C1(c2ccccc2)CCN(CCCCCOc2ccc(C(=O)c3ccc(Cl)cc3)cc2)CC1. The zero-order valence-corrected chi connectivity index (χ0v) is 23.1. The molecule has 4 rings (SSSR count). The van der Waals surface area contributed by atoms with E-state index in [0.29, 0.717) is 35.0 Å². The zero-order valence-electron chi connectivity index (χ0n) is 22.3. The van der Waals surface area contributed by atoms with E-state index in [1.807, 2.05) is 30.3 Å². The topological polar surface area (TPSA) is 46.6 Å². The van der Waals surface area contributed by atoms with Crippen molar-refractivity contribution in [2.75, 3.05) is 26.2 Å². The Morgan fingerprint density at radius 3 is 2.11 bits per heavy atom. The van der Waals surface area contributed by atoms with E-state index in [1.165, 1.54) is 5.56 Å². The third-order valence-electron chi connectivity index (χ3n) is 7.66. The van der Waals surface area contributed by atoms with E-state index in [4.69, 9.17) is 16.3 Å². The first-order valence-corrected chi connectivity index (χ1v) is 14.2. The second-order valence-electron chi connectivity index (χ2n) is 10.2. The van der Waals surface area contributed by atoms with E-state index in [-0.39, 0.29) is 11.2 Å². The second-order valence-corrected chi connectivity index (χ2v) is 10.7. The molecule has 3 aromatic carbocycles. The van der Waals surface area contributed by atoms with Crippen LogP contribution in [0, 0.1) is 0 Å². The second kappa shape index (κ2) is 13.7. The number of benzene rings is 3. The Kier molecular flexibility index (Phi) is 10.1. The number of rotatable bonds is 13. The molecule has 0 spiro atoms. The smallest absolute Gasteiger partial charge is 0.193 e. The van der Waals surface area contributed by atoms with Crippen molar-refractivity contribution in [2.24, 2.45) is 0 Å². The van der Waals surface area contributed by atoms with Crippen LogP contribution < -0.4 is 4.74 Å². The van der Waals surface area contributed by atoms with Crippen LogP contribution in [0.3, 0.4) is 0 Å². The molecule has 4 nitrogen and oxygen atoms in total. The van der Waals surface area contributed by atoms with E-state index in [1.54, 1.807) is 24.3 Å². The molecule has 0 N–H and O–H groups in total. The van der Waals surface area contributed by atoms with Crippen molar-refractivity contribution in [1.29, 1.82) is 0 Å². The third-order valence-corrected chi connectivity index (χ3v) is 7.91. The van der Waals surface area contributed by atoms with Crippen LogP contribution in [0.4, 0.5) is 0 Å². The fraction of sp³-hybridized carbons (Fsp3) is 0.394. The number of hydrogen-bond acceptors (Lipinski definition) is 4. The Hall–Kier alpha value is -2.95. The summed E-state index contributed by atoms with van der Waals surface area (Å²) in [6.45, 7) is 5.76. The van der Waals surface area contributed by atoms with Crippen LogP contribution >= 0.6 is 11.6 Å². The largest absolute Gasteiger partial charge is 0.494 e. The summed E-state index contributed by atoms with van der Waals surface area (Å²) in [5.41, 5.74) is 2.14. The zero-order chi connectivity index (χ0) is 26.8. The first-order valence-electron chi connectivity index (χ1n) is 13.9. The Bertz CT molecular complexity index is 1170. The molecule has 1 heterocycles. The maximum atomic E-state index is 13.2. The predicted molar refractivity (Wildman–Crippen MR) is 154 cm³/mol.